The van der Waals surface area contributed by atoms with E-state index in [1.165, 1.54) is 0 Å². The molecule has 1 fully saturated rings. The second-order valence-corrected chi connectivity index (χ2v) is 8.25. The first kappa shape index (κ1) is 26.1. The van der Waals surface area contributed by atoms with Crippen LogP contribution in [0.4, 0.5) is 13.2 Å². The summed E-state index contributed by atoms with van der Waals surface area (Å²) in [5, 5.41) is 7.12. The fourth-order valence-electron chi connectivity index (χ4n) is 4.08. The number of pyridine rings is 2. The Kier molecular flexibility index (Phi) is 8.44. The molecule has 4 rings (SSSR count). The summed E-state index contributed by atoms with van der Waals surface area (Å²) in [5.74, 6) is -1.81. The molecule has 0 radical (unpaired) electrons. The summed E-state index contributed by atoms with van der Waals surface area (Å²) >= 11 is 0. The van der Waals surface area contributed by atoms with Crippen molar-refractivity contribution < 1.29 is 27.9 Å². The van der Waals surface area contributed by atoms with Gasteiger partial charge in [-0.15, -0.1) is 0 Å². The van der Waals surface area contributed by atoms with Crippen molar-refractivity contribution in [1.82, 2.24) is 24.2 Å². The van der Waals surface area contributed by atoms with Crippen LogP contribution in [-0.4, -0.2) is 67.5 Å². The molecule has 11 heteroatoms. The third-order valence-corrected chi connectivity index (χ3v) is 5.68. The van der Waals surface area contributed by atoms with E-state index in [0.29, 0.717) is 5.69 Å². The number of hydrogen-bond acceptors (Lipinski definition) is 5. The lowest BCUT2D eigenvalue weighted by molar-refractivity contribution is -0.192. The van der Waals surface area contributed by atoms with Gasteiger partial charge in [-0.2, -0.15) is 13.2 Å². The predicted octanol–water partition coefficient (Wildman–Crippen LogP) is 4.18. The van der Waals surface area contributed by atoms with Gasteiger partial charge in [0, 0.05) is 32.5 Å². The van der Waals surface area contributed by atoms with Crippen molar-refractivity contribution in [3.8, 4) is 0 Å². The van der Waals surface area contributed by atoms with Gasteiger partial charge in [-0.3, -0.25) is 14.7 Å². The second kappa shape index (κ2) is 11.3. The number of fused-ring (bicyclic) bond motifs is 1. The average Bonchev–Trinajstić information content (AvgIpc) is 3.43. The van der Waals surface area contributed by atoms with Gasteiger partial charge >= 0.3 is 12.1 Å². The molecular weight excluding hydrogens is 463 g/mol. The van der Waals surface area contributed by atoms with Gasteiger partial charge in [0.1, 0.15) is 5.82 Å². The Bertz CT molecular complexity index is 1150. The summed E-state index contributed by atoms with van der Waals surface area (Å²) < 4.78 is 33.8. The van der Waals surface area contributed by atoms with Crippen LogP contribution in [0.1, 0.15) is 54.2 Å². The minimum atomic E-state index is -5.08. The third kappa shape index (κ3) is 6.36. The predicted molar refractivity (Wildman–Crippen MR) is 123 cm³/mol. The largest absolute Gasteiger partial charge is 0.490 e. The Hall–Kier alpha value is -3.47. The van der Waals surface area contributed by atoms with Crippen LogP contribution in [-0.2, 0) is 11.3 Å². The number of alkyl halides is 3. The zero-order valence-electron chi connectivity index (χ0n) is 19.6. The van der Waals surface area contributed by atoms with Crippen molar-refractivity contribution in [3.63, 3.8) is 0 Å². The van der Waals surface area contributed by atoms with Crippen LogP contribution in [0.5, 0.6) is 0 Å². The van der Waals surface area contributed by atoms with Crippen LogP contribution < -0.4 is 0 Å². The number of rotatable bonds is 6. The molecule has 8 nitrogen and oxygen atoms in total. The van der Waals surface area contributed by atoms with Crippen LogP contribution in [0.15, 0.2) is 48.8 Å². The fourth-order valence-corrected chi connectivity index (χ4v) is 4.08. The van der Waals surface area contributed by atoms with Crippen LogP contribution in [0.25, 0.3) is 5.52 Å². The summed E-state index contributed by atoms with van der Waals surface area (Å²) in [6.45, 7) is 4.62. The quantitative estimate of drug-likeness (QED) is 0.556. The zero-order valence-corrected chi connectivity index (χ0v) is 19.6. The molecule has 0 aliphatic carbocycles. The molecule has 1 amide bonds. The second-order valence-electron chi connectivity index (χ2n) is 8.25. The number of carboxylic acids is 1. The standard InChI is InChI=1S/C22H27N5O.C2HF3O2/c1-3-13-25(2)22(28)20-18-10-5-7-15-27(18)21(24-20)19-11-8-14-26(19)16-17-9-4-6-12-23-17;3-2(4,5)1(6)7/h4-7,9-10,12,15,19H,3,8,11,13-14,16H2,1-2H3;(H,6,7). The molecule has 0 saturated carbocycles. The summed E-state index contributed by atoms with van der Waals surface area (Å²) in [6.07, 6.45) is 1.87. The van der Waals surface area contributed by atoms with Gasteiger partial charge in [0.25, 0.3) is 5.91 Å². The number of carboxylic acid groups (broad SMARTS) is 1. The van der Waals surface area contributed by atoms with Crippen molar-refractivity contribution in [3.05, 3.63) is 66.0 Å². The van der Waals surface area contributed by atoms with Crippen molar-refractivity contribution in [2.45, 2.75) is 44.9 Å². The summed E-state index contributed by atoms with van der Waals surface area (Å²) in [4.78, 5) is 35.4. The van der Waals surface area contributed by atoms with Crippen LogP contribution in [0.3, 0.4) is 0 Å². The van der Waals surface area contributed by atoms with E-state index in [-0.39, 0.29) is 11.9 Å². The molecule has 4 heterocycles. The zero-order chi connectivity index (χ0) is 25.6. The number of likely N-dealkylation sites (tertiary alicyclic amines) is 1. The molecule has 1 unspecified atom stereocenters. The van der Waals surface area contributed by atoms with Gasteiger partial charge < -0.3 is 14.4 Å². The van der Waals surface area contributed by atoms with E-state index in [4.69, 9.17) is 14.9 Å². The number of carbonyl (C=O) groups is 2. The summed E-state index contributed by atoms with van der Waals surface area (Å²) in [7, 11) is 1.85. The van der Waals surface area contributed by atoms with E-state index in [0.717, 1.165) is 55.9 Å². The van der Waals surface area contributed by atoms with Crippen molar-refractivity contribution in [2.24, 2.45) is 0 Å². The molecular formula is C24H28F3N5O3. The van der Waals surface area contributed by atoms with Crippen LogP contribution in [0.2, 0.25) is 0 Å². The first-order valence-corrected chi connectivity index (χ1v) is 11.3. The molecule has 0 spiro atoms. The Morgan fingerprint density at radius 1 is 1.20 bits per heavy atom. The van der Waals surface area contributed by atoms with Gasteiger partial charge in [0.15, 0.2) is 5.69 Å². The normalized spacial score (nSPS) is 16.1. The maximum absolute atomic E-state index is 13.0. The third-order valence-electron chi connectivity index (χ3n) is 5.68. The molecule has 188 valence electrons. The monoisotopic (exact) mass is 491 g/mol. The molecule has 0 aromatic carbocycles. The van der Waals surface area contributed by atoms with E-state index in [1.807, 2.05) is 49.8 Å². The van der Waals surface area contributed by atoms with Crippen LogP contribution in [0, 0.1) is 0 Å². The minimum absolute atomic E-state index is 0.00827. The highest BCUT2D eigenvalue weighted by Crippen LogP contribution is 2.33. The van der Waals surface area contributed by atoms with Gasteiger partial charge in [-0.05, 0) is 50.1 Å². The van der Waals surface area contributed by atoms with Crippen molar-refractivity contribution in [1.29, 1.82) is 0 Å². The maximum Gasteiger partial charge on any atom is 0.490 e. The smallest absolute Gasteiger partial charge is 0.475 e. The highest BCUT2D eigenvalue weighted by Gasteiger charge is 2.38. The average molecular weight is 492 g/mol. The first-order valence-electron chi connectivity index (χ1n) is 11.3. The molecule has 1 atom stereocenters. The number of carbonyl (C=O) groups excluding carboxylic acids is 1. The van der Waals surface area contributed by atoms with Gasteiger partial charge in [-0.25, -0.2) is 9.78 Å². The number of aromatic nitrogens is 3. The lowest BCUT2D eigenvalue weighted by atomic mass is 10.2. The Morgan fingerprint density at radius 3 is 2.54 bits per heavy atom. The van der Waals surface area contributed by atoms with E-state index >= 15 is 0 Å². The number of amides is 1. The summed E-state index contributed by atoms with van der Waals surface area (Å²) in [5.41, 5.74) is 2.50. The van der Waals surface area contributed by atoms with E-state index < -0.39 is 12.1 Å². The van der Waals surface area contributed by atoms with E-state index in [9.17, 15) is 18.0 Å². The number of nitrogens with zero attached hydrogens (tertiary/aromatic N) is 5. The van der Waals surface area contributed by atoms with Gasteiger partial charge in [-0.1, -0.05) is 19.1 Å². The summed E-state index contributed by atoms with van der Waals surface area (Å²) in [6, 6.07) is 12.2. The number of hydrogen-bond donors (Lipinski definition) is 1. The molecule has 1 aliphatic rings. The molecule has 3 aromatic rings. The Morgan fingerprint density at radius 2 is 1.91 bits per heavy atom. The highest BCUT2D eigenvalue weighted by atomic mass is 19.4. The van der Waals surface area contributed by atoms with E-state index in [1.54, 1.807) is 4.90 Å². The Balaban J connectivity index is 0.000000429. The number of imidazole rings is 1. The van der Waals surface area contributed by atoms with Crippen molar-refractivity contribution >= 4 is 17.4 Å². The molecule has 0 bridgehead atoms. The lowest BCUT2D eigenvalue weighted by Gasteiger charge is -2.23. The lowest BCUT2D eigenvalue weighted by Crippen LogP contribution is -2.28. The van der Waals surface area contributed by atoms with Gasteiger partial charge in [0.05, 0.1) is 17.3 Å². The topological polar surface area (TPSA) is 91.0 Å². The first-order chi connectivity index (χ1) is 16.6. The fraction of sp³-hybridized carbons (Fsp3) is 0.417. The highest BCUT2D eigenvalue weighted by molar-refractivity contribution is 5.99. The SMILES string of the molecule is CCCN(C)C(=O)c1nc(C2CCCN2Cc2ccccn2)n2ccccc12.O=C(O)C(F)(F)F. The van der Waals surface area contributed by atoms with Crippen LogP contribution >= 0.6 is 0 Å². The number of aliphatic carboxylic acids is 1. The van der Waals surface area contributed by atoms with Crippen molar-refractivity contribution in [2.75, 3.05) is 20.1 Å². The number of halogens is 3. The Labute approximate surface area is 201 Å². The molecule has 3 aromatic heterocycles. The molecule has 35 heavy (non-hydrogen) atoms. The minimum Gasteiger partial charge on any atom is -0.475 e. The van der Waals surface area contributed by atoms with Gasteiger partial charge in [0.2, 0.25) is 0 Å². The maximum atomic E-state index is 13.0. The molecule has 1 N–H and O–H groups in total. The molecule has 1 aliphatic heterocycles. The molecule has 1 saturated heterocycles. The van der Waals surface area contributed by atoms with E-state index in [2.05, 4.69) is 27.3 Å².